The van der Waals surface area contributed by atoms with Crippen LogP contribution in [0.2, 0.25) is 0 Å². The van der Waals surface area contributed by atoms with Crippen molar-refractivity contribution in [2.45, 2.75) is 20.8 Å². The minimum Gasteiger partial charge on any atom is -0.465 e. The van der Waals surface area contributed by atoms with E-state index >= 15 is 0 Å². The number of nitrogens with one attached hydrogen (secondary N) is 1. The Balaban J connectivity index is 2.16. The highest BCUT2D eigenvalue weighted by atomic mass is 32.1. The van der Waals surface area contributed by atoms with Gasteiger partial charge < -0.3 is 10.1 Å². The predicted molar refractivity (Wildman–Crippen MR) is 94.0 cm³/mol. The van der Waals surface area contributed by atoms with E-state index in [-0.39, 0.29) is 5.91 Å². The lowest BCUT2D eigenvalue weighted by Crippen LogP contribution is -2.11. The Kier molecular flexibility index (Phi) is 5.34. The lowest BCUT2D eigenvalue weighted by Gasteiger charge is -2.04. The zero-order valence-electron chi connectivity index (χ0n) is 13.6. The van der Waals surface area contributed by atoms with Crippen LogP contribution in [-0.2, 0) is 9.53 Å². The SMILES string of the molecule is COC(=O)c1c(NC(=O)/C=C/c2ccc(C)cc2)sc(C)c1C. The Hall–Kier alpha value is -2.40. The van der Waals surface area contributed by atoms with Crippen LogP contribution in [0.3, 0.4) is 0 Å². The minimum atomic E-state index is -0.440. The number of hydrogen-bond acceptors (Lipinski definition) is 4. The molecule has 5 heteroatoms. The van der Waals surface area contributed by atoms with E-state index in [2.05, 4.69) is 5.32 Å². The zero-order valence-corrected chi connectivity index (χ0v) is 14.4. The van der Waals surface area contributed by atoms with Gasteiger partial charge in [-0.15, -0.1) is 11.3 Å². The molecule has 0 saturated carbocycles. The maximum Gasteiger partial charge on any atom is 0.341 e. The van der Waals surface area contributed by atoms with E-state index in [0.717, 1.165) is 16.0 Å². The molecule has 2 rings (SSSR count). The number of rotatable bonds is 4. The van der Waals surface area contributed by atoms with Crippen molar-refractivity contribution in [2.75, 3.05) is 12.4 Å². The second-order valence-corrected chi connectivity index (χ2v) is 6.44. The van der Waals surface area contributed by atoms with Crippen LogP contribution in [0.1, 0.15) is 31.9 Å². The summed E-state index contributed by atoms with van der Waals surface area (Å²) >= 11 is 1.37. The van der Waals surface area contributed by atoms with Gasteiger partial charge in [-0.2, -0.15) is 0 Å². The van der Waals surface area contributed by atoms with Crippen molar-refractivity contribution in [3.05, 3.63) is 57.5 Å². The number of methoxy groups -OCH3 is 1. The van der Waals surface area contributed by atoms with Gasteiger partial charge in [-0.3, -0.25) is 4.79 Å². The number of aryl methyl sites for hydroxylation is 2. The summed E-state index contributed by atoms with van der Waals surface area (Å²) in [7, 11) is 1.33. The van der Waals surface area contributed by atoms with Crippen LogP contribution >= 0.6 is 11.3 Å². The van der Waals surface area contributed by atoms with E-state index in [0.29, 0.717) is 10.6 Å². The molecule has 1 aromatic heterocycles. The van der Waals surface area contributed by atoms with E-state index < -0.39 is 5.97 Å². The normalized spacial score (nSPS) is 10.8. The first-order valence-electron chi connectivity index (χ1n) is 7.16. The van der Waals surface area contributed by atoms with Crippen molar-refractivity contribution in [3.8, 4) is 0 Å². The minimum absolute atomic E-state index is 0.281. The Bertz CT molecular complexity index is 757. The highest BCUT2D eigenvalue weighted by Crippen LogP contribution is 2.32. The molecule has 23 heavy (non-hydrogen) atoms. The molecule has 0 bridgehead atoms. The van der Waals surface area contributed by atoms with Gasteiger partial charge in [0.1, 0.15) is 5.00 Å². The molecule has 0 aliphatic carbocycles. The molecule has 0 spiro atoms. The van der Waals surface area contributed by atoms with Gasteiger partial charge in [0.05, 0.1) is 12.7 Å². The fraction of sp³-hybridized carbons (Fsp3) is 0.222. The molecule has 120 valence electrons. The van der Waals surface area contributed by atoms with Crippen molar-refractivity contribution in [1.29, 1.82) is 0 Å². The number of esters is 1. The molecule has 4 nitrogen and oxygen atoms in total. The Morgan fingerprint density at radius 3 is 2.39 bits per heavy atom. The van der Waals surface area contributed by atoms with Gasteiger partial charge in [0.15, 0.2) is 0 Å². The summed E-state index contributed by atoms with van der Waals surface area (Å²) in [6.07, 6.45) is 3.19. The number of ether oxygens (including phenoxy) is 1. The van der Waals surface area contributed by atoms with Gasteiger partial charge >= 0.3 is 5.97 Å². The van der Waals surface area contributed by atoms with Crippen LogP contribution < -0.4 is 5.32 Å². The van der Waals surface area contributed by atoms with E-state index in [9.17, 15) is 9.59 Å². The number of hydrogen-bond donors (Lipinski definition) is 1. The van der Waals surface area contributed by atoms with Gasteiger partial charge in [-0.1, -0.05) is 29.8 Å². The average molecular weight is 329 g/mol. The van der Waals surface area contributed by atoms with E-state index in [1.165, 1.54) is 30.1 Å². The molecule has 0 unspecified atom stereocenters. The summed E-state index contributed by atoms with van der Waals surface area (Å²) in [6, 6.07) is 7.86. The van der Waals surface area contributed by atoms with Crippen molar-refractivity contribution in [2.24, 2.45) is 0 Å². The summed E-state index contributed by atoms with van der Waals surface area (Å²) in [5, 5.41) is 3.28. The molecule has 2 aromatic rings. The van der Waals surface area contributed by atoms with Crippen molar-refractivity contribution in [3.63, 3.8) is 0 Å². The van der Waals surface area contributed by atoms with Crippen molar-refractivity contribution < 1.29 is 14.3 Å². The van der Waals surface area contributed by atoms with Gasteiger partial charge in [-0.25, -0.2) is 4.79 Å². The number of amides is 1. The van der Waals surface area contributed by atoms with Gasteiger partial charge in [0, 0.05) is 11.0 Å². The standard InChI is InChI=1S/C18H19NO3S/c1-11-5-7-14(8-6-11)9-10-15(20)19-17-16(18(21)22-4)12(2)13(3)23-17/h5-10H,1-4H3,(H,19,20)/b10-9+. The van der Waals surface area contributed by atoms with Crippen molar-refractivity contribution >= 4 is 34.3 Å². The number of carbonyl (C=O) groups excluding carboxylic acids is 2. The second kappa shape index (κ2) is 7.24. The lowest BCUT2D eigenvalue weighted by molar-refractivity contribution is -0.111. The zero-order chi connectivity index (χ0) is 17.0. The molecule has 0 atom stereocenters. The van der Waals surface area contributed by atoms with Crippen molar-refractivity contribution in [1.82, 2.24) is 0 Å². The van der Waals surface area contributed by atoms with Crippen LogP contribution in [-0.4, -0.2) is 19.0 Å². The molecule has 0 fully saturated rings. The fourth-order valence-electron chi connectivity index (χ4n) is 2.07. The fourth-order valence-corrected chi connectivity index (χ4v) is 3.12. The maximum atomic E-state index is 12.1. The molecule has 0 aliphatic heterocycles. The Labute approximate surface area is 139 Å². The number of carbonyl (C=O) groups is 2. The molecule has 1 aromatic carbocycles. The van der Waals surface area contributed by atoms with Gasteiger partial charge in [-0.05, 0) is 38.0 Å². The Morgan fingerprint density at radius 1 is 1.13 bits per heavy atom. The summed E-state index contributed by atoms with van der Waals surface area (Å²) in [6.45, 7) is 5.76. The van der Waals surface area contributed by atoms with Crippen LogP contribution in [0.5, 0.6) is 0 Å². The number of anilines is 1. The maximum absolute atomic E-state index is 12.1. The van der Waals surface area contributed by atoms with E-state index in [4.69, 9.17) is 4.74 Å². The topological polar surface area (TPSA) is 55.4 Å². The van der Waals surface area contributed by atoms with E-state index in [1.54, 1.807) is 6.08 Å². The molecule has 1 heterocycles. The monoisotopic (exact) mass is 329 g/mol. The van der Waals surface area contributed by atoms with Crippen LogP contribution in [0.15, 0.2) is 30.3 Å². The highest BCUT2D eigenvalue weighted by molar-refractivity contribution is 7.16. The number of thiophene rings is 1. The van der Waals surface area contributed by atoms with E-state index in [1.807, 2.05) is 45.0 Å². The predicted octanol–water partition coefficient (Wildman–Crippen LogP) is 4.11. The third kappa shape index (κ3) is 4.07. The molecular formula is C18H19NO3S. The molecule has 0 saturated heterocycles. The first-order chi connectivity index (χ1) is 10.9. The van der Waals surface area contributed by atoms with Gasteiger partial charge in [0.2, 0.25) is 5.91 Å². The third-order valence-electron chi connectivity index (χ3n) is 3.52. The first kappa shape index (κ1) is 17.0. The lowest BCUT2D eigenvalue weighted by atomic mass is 10.1. The molecular weight excluding hydrogens is 310 g/mol. The summed E-state index contributed by atoms with van der Waals surface area (Å²) in [4.78, 5) is 24.9. The highest BCUT2D eigenvalue weighted by Gasteiger charge is 2.20. The molecule has 0 radical (unpaired) electrons. The summed E-state index contributed by atoms with van der Waals surface area (Å²) in [5.74, 6) is -0.721. The molecule has 0 aliphatic rings. The summed E-state index contributed by atoms with van der Waals surface area (Å²) in [5.41, 5.74) is 3.36. The smallest absolute Gasteiger partial charge is 0.341 e. The molecule has 1 amide bonds. The number of benzene rings is 1. The van der Waals surface area contributed by atoms with Crippen LogP contribution in [0.4, 0.5) is 5.00 Å². The average Bonchev–Trinajstić information content (AvgIpc) is 2.80. The van der Waals surface area contributed by atoms with Gasteiger partial charge in [0.25, 0.3) is 0 Å². The Morgan fingerprint density at radius 2 is 1.78 bits per heavy atom. The molecule has 1 N–H and O–H groups in total. The second-order valence-electron chi connectivity index (χ2n) is 5.21. The summed E-state index contributed by atoms with van der Waals surface area (Å²) < 4.78 is 4.79. The van der Waals surface area contributed by atoms with Crippen LogP contribution in [0.25, 0.3) is 6.08 Å². The largest absolute Gasteiger partial charge is 0.465 e. The third-order valence-corrected chi connectivity index (χ3v) is 4.64. The van der Waals surface area contributed by atoms with Crippen LogP contribution in [0, 0.1) is 20.8 Å². The first-order valence-corrected chi connectivity index (χ1v) is 7.98. The quantitative estimate of drug-likeness (QED) is 0.678.